The zero-order valence-electron chi connectivity index (χ0n) is 12.6. The zero-order chi connectivity index (χ0) is 15.8. The quantitative estimate of drug-likeness (QED) is 0.623. The largest absolute Gasteiger partial charge is 0.489 e. The van der Waals surface area contributed by atoms with Gasteiger partial charge in [0, 0.05) is 18.3 Å². The van der Waals surface area contributed by atoms with E-state index >= 15 is 0 Å². The van der Waals surface area contributed by atoms with Crippen molar-refractivity contribution in [1.82, 2.24) is 5.32 Å². The Balaban J connectivity index is 1.86. The molecule has 4 heteroatoms. The van der Waals surface area contributed by atoms with Gasteiger partial charge in [0.2, 0.25) is 0 Å². The second-order valence-corrected chi connectivity index (χ2v) is 5.33. The third-order valence-corrected chi connectivity index (χ3v) is 3.28. The molecule has 0 atom stereocenters. The van der Waals surface area contributed by atoms with Crippen LogP contribution in [0.2, 0.25) is 0 Å². The molecule has 3 nitrogen and oxygen atoms in total. The second kappa shape index (κ2) is 8.20. The molecule has 0 heterocycles. The minimum absolute atomic E-state index is 0.486. The van der Waals surface area contributed by atoms with Crippen molar-refractivity contribution >= 4 is 23.0 Å². The van der Waals surface area contributed by atoms with Crippen LogP contribution in [0.5, 0.6) is 5.75 Å². The lowest BCUT2D eigenvalue weighted by molar-refractivity contribution is 0.363. The summed E-state index contributed by atoms with van der Waals surface area (Å²) in [4.78, 5) is 0. The Hall–Kier alpha value is -2.33. The summed E-state index contributed by atoms with van der Waals surface area (Å²) in [6.07, 6.45) is 1.72. The molecule has 2 aromatic rings. The van der Waals surface area contributed by atoms with Gasteiger partial charge >= 0.3 is 0 Å². The Morgan fingerprint density at radius 3 is 2.73 bits per heavy atom. The van der Waals surface area contributed by atoms with Crippen LogP contribution in [0.15, 0.2) is 61.2 Å². The monoisotopic (exact) mass is 312 g/mol. The summed E-state index contributed by atoms with van der Waals surface area (Å²) in [6.45, 7) is 6.89. The van der Waals surface area contributed by atoms with Crippen LogP contribution in [0.25, 0.3) is 0 Å². The minimum Gasteiger partial charge on any atom is -0.489 e. The maximum absolute atomic E-state index is 5.50. The van der Waals surface area contributed by atoms with E-state index in [-0.39, 0.29) is 0 Å². The Morgan fingerprint density at radius 2 is 2.00 bits per heavy atom. The molecule has 114 valence electrons. The number of anilines is 1. The Bertz CT molecular complexity index is 638. The zero-order valence-corrected chi connectivity index (χ0v) is 13.5. The van der Waals surface area contributed by atoms with E-state index in [2.05, 4.69) is 48.4 Å². The van der Waals surface area contributed by atoms with Crippen LogP contribution in [0, 0.1) is 6.92 Å². The number of benzene rings is 2. The standard InChI is InChI=1S/C18H20N2OS/c1-3-11-21-17-6-4-5-16(12-17)20-18(22)19-13-15-9-7-14(2)8-10-15/h3-10,12H,1,11,13H2,2H3,(H2,19,20,22). The molecule has 0 aliphatic rings. The first-order chi connectivity index (χ1) is 10.7. The summed E-state index contributed by atoms with van der Waals surface area (Å²) in [5, 5.41) is 6.93. The Labute approximate surface area is 137 Å². The van der Waals surface area contributed by atoms with Gasteiger partial charge in [-0.25, -0.2) is 0 Å². The average molecular weight is 312 g/mol. The molecule has 0 aromatic heterocycles. The number of aryl methyl sites for hydroxylation is 1. The SMILES string of the molecule is C=CCOc1cccc(NC(=S)NCc2ccc(C)cc2)c1. The third-order valence-electron chi connectivity index (χ3n) is 3.03. The van der Waals surface area contributed by atoms with Gasteiger partial charge in [0.05, 0.1) is 0 Å². The van der Waals surface area contributed by atoms with Crippen molar-refractivity contribution in [3.63, 3.8) is 0 Å². The summed E-state index contributed by atoms with van der Waals surface area (Å²) in [5.74, 6) is 0.784. The molecule has 22 heavy (non-hydrogen) atoms. The van der Waals surface area contributed by atoms with Gasteiger partial charge in [-0.3, -0.25) is 0 Å². The van der Waals surface area contributed by atoms with Gasteiger partial charge in [-0.05, 0) is 36.8 Å². The molecule has 0 fully saturated rings. The molecule has 0 radical (unpaired) electrons. The molecule has 0 aliphatic heterocycles. The fourth-order valence-corrected chi connectivity index (χ4v) is 2.07. The van der Waals surface area contributed by atoms with E-state index in [9.17, 15) is 0 Å². The molecule has 0 bridgehead atoms. The first-order valence-corrected chi connectivity index (χ1v) is 7.52. The fraction of sp³-hybridized carbons (Fsp3) is 0.167. The van der Waals surface area contributed by atoms with E-state index in [1.54, 1.807) is 6.08 Å². The molecule has 0 unspecified atom stereocenters. The molecule has 0 amide bonds. The number of thiocarbonyl (C=S) groups is 1. The molecular formula is C18H20N2OS. The van der Waals surface area contributed by atoms with Crippen molar-refractivity contribution in [2.45, 2.75) is 13.5 Å². The summed E-state index contributed by atoms with van der Waals surface area (Å²) < 4.78 is 5.50. The predicted molar refractivity (Wildman–Crippen MR) is 96.4 cm³/mol. The maximum atomic E-state index is 5.50. The highest BCUT2D eigenvalue weighted by molar-refractivity contribution is 7.80. The van der Waals surface area contributed by atoms with Gasteiger partial charge in [0.15, 0.2) is 5.11 Å². The molecule has 0 saturated heterocycles. The number of hydrogen-bond acceptors (Lipinski definition) is 2. The van der Waals surface area contributed by atoms with Gasteiger partial charge < -0.3 is 15.4 Å². The lowest BCUT2D eigenvalue weighted by Crippen LogP contribution is -2.27. The first-order valence-electron chi connectivity index (χ1n) is 7.11. The number of nitrogens with one attached hydrogen (secondary N) is 2. The number of hydrogen-bond donors (Lipinski definition) is 2. The van der Waals surface area contributed by atoms with Gasteiger partial charge in [0.1, 0.15) is 12.4 Å². The smallest absolute Gasteiger partial charge is 0.171 e. The van der Waals surface area contributed by atoms with Crippen LogP contribution in [0.3, 0.4) is 0 Å². The summed E-state index contributed by atoms with van der Waals surface area (Å²) in [7, 11) is 0. The van der Waals surface area contributed by atoms with Gasteiger partial charge in [-0.15, -0.1) is 0 Å². The van der Waals surface area contributed by atoms with E-state index in [0.29, 0.717) is 18.3 Å². The molecule has 0 spiro atoms. The predicted octanol–water partition coefficient (Wildman–Crippen LogP) is 4.05. The van der Waals surface area contributed by atoms with Crippen LogP contribution >= 0.6 is 12.2 Å². The van der Waals surface area contributed by atoms with Gasteiger partial charge in [-0.1, -0.05) is 48.6 Å². The van der Waals surface area contributed by atoms with Crippen molar-refractivity contribution < 1.29 is 4.74 Å². The van der Waals surface area contributed by atoms with Crippen LogP contribution < -0.4 is 15.4 Å². The second-order valence-electron chi connectivity index (χ2n) is 4.92. The topological polar surface area (TPSA) is 33.3 Å². The van der Waals surface area contributed by atoms with Gasteiger partial charge in [0.25, 0.3) is 0 Å². The van der Waals surface area contributed by atoms with E-state index in [1.165, 1.54) is 11.1 Å². The lowest BCUT2D eigenvalue weighted by atomic mass is 10.1. The van der Waals surface area contributed by atoms with Crippen molar-refractivity contribution in [3.05, 3.63) is 72.3 Å². The maximum Gasteiger partial charge on any atom is 0.171 e. The molecular weight excluding hydrogens is 292 g/mol. The first kappa shape index (κ1) is 16.0. The molecule has 2 N–H and O–H groups in total. The summed E-state index contributed by atoms with van der Waals surface area (Å²) >= 11 is 5.31. The van der Waals surface area contributed by atoms with Crippen LogP contribution in [-0.2, 0) is 6.54 Å². The van der Waals surface area contributed by atoms with Crippen molar-refractivity contribution in [3.8, 4) is 5.75 Å². The minimum atomic E-state index is 0.486. The number of ether oxygens (including phenoxy) is 1. The lowest BCUT2D eigenvalue weighted by Gasteiger charge is -2.12. The fourth-order valence-electron chi connectivity index (χ4n) is 1.88. The molecule has 2 aromatic carbocycles. The van der Waals surface area contributed by atoms with E-state index < -0.39 is 0 Å². The highest BCUT2D eigenvalue weighted by Gasteiger charge is 2.00. The molecule has 0 saturated carbocycles. The third kappa shape index (κ3) is 5.22. The molecule has 2 rings (SSSR count). The van der Waals surface area contributed by atoms with Crippen LogP contribution in [-0.4, -0.2) is 11.7 Å². The van der Waals surface area contributed by atoms with E-state index in [0.717, 1.165) is 11.4 Å². The van der Waals surface area contributed by atoms with Crippen molar-refractivity contribution in [1.29, 1.82) is 0 Å². The highest BCUT2D eigenvalue weighted by atomic mass is 32.1. The Kier molecular flexibility index (Phi) is 5.98. The van der Waals surface area contributed by atoms with Crippen molar-refractivity contribution in [2.24, 2.45) is 0 Å². The van der Waals surface area contributed by atoms with E-state index in [1.807, 2.05) is 24.3 Å². The van der Waals surface area contributed by atoms with Gasteiger partial charge in [-0.2, -0.15) is 0 Å². The summed E-state index contributed by atoms with van der Waals surface area (Å²) in [6, 6.07) is 16.0. The van der Waals surface area contributed by atoms with Crippen LogP contribution in [0.4, 0.5) is 5.69 Å². The average Bonchev–Trinajstić information content (AvgIpc) is 2.53. The normalized spacial score (nSPS) is 9.86. The summed E-state index contributed by atoms with van der Waals surface area (Å²) in [5.41, 5.74) is 3.33. The molecule has 0 aliphatic carbocycles. The van der Waals surface area contributed by atoms with Crippen LogP contribution in [0.1, 0.15) is 11.1 Å². The van der Waals surface area contributed by atoms with E-state index in [4.69, 9.17) is 17.0 Å². The Morgan fingerprint density at radius 1 is 1.23 bits per heavy atom. The number of rotatable bonds is 6. The highest BCUT2D eigenvalue weighted by Crippen LogP contribution is 2.17. The van der Waals surface area contributed by atoms with Crippen molar-refractivity contribution in [2.75, 3.05) is 11.9 Å².